The minimum atomic E-state index is -3.33. The zero-order valence-electron chi connectivity index (χ0n) is 25.3. The van der Waals surface area contributed by atoms with Crippen LogP contribution in [0.15, 0.2) is 54.6 Å². The summed E-state index contributed by atoms with van der Waals surface area (Å²) in [4.78, 5) is 27.7. The molecule has 2 fully saturated rings. The molecule has 230 valence electrons. The van der Waals surface area contributed by atoms with Gasteiger partial charge in [0, 0.05) is 50.7 Å². The Morgan fingerprint density at radius 1 is 1.05 bits per heavy atom. The van der Waals surface area contributed by atoms with Gasteiger partial charge in [0.05, 0.1) is 11.4 Å². The Balaban J connectivity index is 1.11. The van der Waals surface area contributed by atoms with Crippen molar-refractivity contribution >= 4 is 21.8 Å². The maximum Gasteiger partial charge on any atom is 0.269 e. The summed E-state index contributed by atoms with van der Waals surface area (Å²) in [5, 5.41) is 7.44. The highest BCUT2D eigenvalue weighted by Crippen LogP contribution is 2.39. The molecular weight excluding hydrogens is 566 g/mol. The van der Waals surface area contributed by atoms with E-state index in [0.29, 0.717) is 55.7 Å². The number of carbonyl (C=O) groups is 2. The van der Waals surface area contributed by atoms with Gasteiger partial charge in [-0.25, -0.2) is 8.42 Å². The first-order chi connectivity index (χ1) is 20.5. The first kappa shape index (κ1) is 30.7. The van der Waals surface area contributed by atoms with Crippen LogP contribution in [0.3, 0.4) is 0 Å². The highest BCUT2D eigenvalue weighted by molar-refractivity contribution is 7.89. The van der Waals surface area contributed by atoms with Crippen LogP contribution >= 0.6 is 0 Å². The molecular formula is C32H41N5O5S. The molecule has 2 amide bonds. The van der Waals surface area contributed by atoms with Crippen LogP contribution < -0.4 is 10.1 Å². The lowest BCUT2D eigenvalue weighted by molar-refractivity contribution is 0.0591. The summed E-state index contributed by atoms with van der Waals surface area (Å²) in [5.74, 6) is 1.08. The summed E-state index contributed by atoms with van der Waals surface area (Å²) in [6.45, 7) is 7.35. The number of rotatable bonds is 11. The lowest BCUT2D eigenvalue weighted by Crippen LogP contribution is -2.55. The van der Waals surface area contributed by atoms with Gasteiger partial charge in [-0.3, -0.25) is 14.3 Å². The van der Waals surface area contributed by atoms with Crippen LogP contribution in [-0.2, 0) is 30.2 Å². The molecule has 10 nitrogen and oxygen atoms in total. The topological polar surface area (TPSA) is 114 Å². The summed E-state index contributed by atoms with van der Waals surface area (Å²) in [6, 6.07) is 16.6. The highest BCUT2D eigenvalue weighted by atomic mass is 32.2. The number of hydrogen-bond acceptors (Lipinski definition) is 6. The molecule has 1 N–H and O–H groups in total. The van der Waals surface area contributed by atoms with E-state index < -0.39 is 10.0 Å². The minimum absolute atomic E-state index is 0.0527. The summed E-state index contributed by atoms with van der Waals surface area (Å²) < 4.78 is 34.4. The van der Waals surface area contributed by atoms with Crippen LogP contribution in [0, 0.1) is 5.92 Å². The predicted molar refractivity (Wildman–Crippen MR) is 164 cm³/mol. The van der Waals surface area contributed by atoms with E-state index in [2.05, 4.69) is 10.4 Å². The fraction of sp³-hybridized carbons (Fsp3) is 0.469. The number of piperazine rings is 1. The number of aryl methyl sites for hydroxylation is 1. The van der Waals surface area contributed by atoms with E-state index in [1.807, 2.05) is 63.2 Å². The van der Waals surface area contributed by atoms with Crippen molar-refractivity contribution in [3.8, 4) is 5.75 Å². The second kappa shape index (κ2) is 12.9. The number of nitrogens with zero attached hydrogens (tertiary/aromatic N) is 4. The highest BCUT2D eigenvalue weighted by Gasteiger charge is 2.34. The first-order valence-corrected chi connectivity index (χ1v) is 16.5. The fourth-order valence-corrected chi connectivity index (χ4v) is 7.24. The molecule has 1 saturated heterocycles. The third kappa shape index (κ3) is 7.64. The lowest BCUT2D eigenvalue weighted by Gasteiger charge is -2.39. The second-order valence-electron chi connectivity index (χ2n) is 12.0. The number of nitrogens with one attached hydrogen (secondary N) is 1. The van der Waals surface area contributed by atoms with Crippen LogP contribution in [0.2, 0.25) is 0 Å². The molecule has 0 bridgehead atoms. The van der Waals surface area contributed by atoms with E-state index in [0.717, 1.165) is 29.7 Å². The van der Waals surface area contributed by atoms with Crippen molar-refractivity contribution in [3.63, 3.8) is 0 Å². The average Bonchev–Trinajstić information content (AvgIpc) is 3.75. The van der Waals surface area contributed by atoms with E-state index in [1.54, 1.807) is 28.8 Å². The number of carbonyl (C=O) groups excluding carboxylic acids is 2. The van der Waals surface area contributed by atoms with Crippen LogP contribution in [0.4, 0.5) is 0 Å². The Morgan fingerprint density at radius 2 is 1.79 bits per heavy atom. The molecule has 2 heterocycles. The van der Waals surface area contributed by atoms with Gasteiger partial charge in [-0.05, 0) is 67.1 Å². The normalized spacial score (nSPS) is 17.7. The molecule has 1 aromatic heterocycles. The Bertz CT molecular complexity index is 1560. The first-order valence-electron chi connectivity index (χ1n) is 14.9. The summed E-state index contributed by atoms with van der Waals surface area (Å²) >= 11 is 0. The quantitative estimate of drug-likeness (QED) is 0.353. The third-order valence-electron chi connectivity index (χ3n) is 7.87. The van der Waals surface area contributed by atoms with Gasteiger partial charge in [0.1, 0.15) is 18.1 Å². The Labute approximate surface area is 254 Å². The molecule has 0 spiro atoms. The van der Waals surface area contributed by atoms with Gasteiger partial charge >= 0.3 is 0 Å². The Kier molecular flexibility index (Phi) is 9.22. The zero-order chi connectivity index (χ0) is 30.7. The summed E-state index contributed by atoms with van der Waals surface area (Å²) in [5.41, 5.74) is 3.94. The molecule has 1 aliphatic carbocycles. The van der Waals surface area contributed by atoms with Crippen molar-refractivity contribution in [1.82, 2.24) is 24.3 Å². The van der Waals surface area contributed by atoms with E-state index in [9.17, 15) is 18.0 Å². The van der Waals surface area contributed by atoms with E-state index in [1.165, 1.54) is 4.31 Å². The summed E-state index contributed by atoms with van der Waals surface area (Å²) in [6.07, 6.45) is 2.28. The number of benzene rings is 2. The van der Waals surface area contributed by atoms with Gasteiger partial charge in [-0.2, -0.15) is 9.40 Å². The maximum atomic E-state index is 13.2. The molecule has 1 atom stereocenters. The van der Waals surface area contributed by atoms with Gasteiger partial charge in [-0.1, -0.05) is 38.1 Å². The lowest BCUT2D eigenvalue weighted by atomic mass is 10.1. The van der Waals surface area contributed by atoms with Crippen molar-refractivity contribution in [3.05, 3.63) is 82.7 Å². The van der Waals surface area contributed by atoms with Crippen LogP contribution in [0.5, 0.6) is 5.75 Å². The monoisotopic (exact) mass is 607 g/mol. The third-order valence-corrected chi connectivity index (χ3v) is 10.1. The standard InChI is InChI=1S/C32H41N5O5S/c1-22(2)21-43(40,41)36-14-15-37(23(3)19-36)32(39)27-10-8-24(9-11-27)20-42-28-7-5-6-25(16-28)18-33-31(38)30-17-29(26-12-13-26)34-35(30)4/h5-11,16-17,22-23,26H,12-15,18-21H2,1-4H3,(H,33,38). The number of aromatic nitrogens is 2. The molecule has 1 unspecified atom stereocenters. The van der Waals surface area contributed by atoms with Crippen molar-refractivity contribution in [2.75, 3.05) is 25.4 Å². The molecule has 1 saturated carbocycles. The van der Waals surface area contributed by atoms with E-state index in [4.69, 9.17) is 4.74 Å². The SMILES string of the molecule is CC(C)CS(=O)(=O)N1CCN(C(=O)c2ccc(COc3cccc(CNC(=O)c4cc(C5CC5)nn4C)c3)cc2)C(C)C1. The maximum absolute atomic E-state index is 13.2. The number of amides is 2. The second-order valence-corrected chi connectivity index (χ2v) is 14.1. The predicted octanol–water partition coefficient (Wildman–Crippen LogP) is 3.94. The molecule has 2 aromatic carbocycles. The molecule has 11 heteroatoms. The molecule has 3 aromatic rings. The van der Waals surface area contributed by atoms with Gasteiger partial charge in [0.25, 0.3) is 11.8 Å². The fourth-order valence-electron chi connectivity index (χ4n) is 5.38. The number of sulfonamides is 1. The van der Waals surface area contributed by atoms with Crippen LogP contribution in [-0.4, -0.2) is 70.6 Å². The molecule has 0 radical (unpaired) electrons. The minimum Gasteiger partial charge on any atom is -0.489 e. The number of ether oxygens (including phenoxy) is 1. The largest absolute Gasteiger partial charge is 0.489 e. The van der Waals surface area contributed by atoms with Gasteiger partial charge in [-0.15, -0.1) is 0 Å². The Hall–Kier alpha value is -3.70. The van der Waals surface area contributed by atoms with Gasteiger partial charge in [0.15, 0.2) is 0 Å². The molecule has 5 rings (SSSR count). The van der Waals surface area contributed by atoms with Crippen molar-refractivity contribution in [2.24, 2.45) is 13.0 Å². The molecule has 2 aliphatic rings. The smallest absolute Gasteiger partial charge is 0.269 e. The van der Waals surface area contributed by atoms with Gasteiger partial charge < -0.3 is 15.0 Å². The Morgan fingerprint density at radius 3 is 2.47 bits per heavy atom. The van der Waals surface area contributed by atoms with Crippen LogP contribution in [0.1, 0.15) is 77.2 Å². The van der Waals surface area contributed by atoms with Crippen LogP contribution in [0.25, 0.3) is 0 Å². The van der Waals surface area contributed by atoms with Crippen molar-refractivity contribution in [2.45, 2.75) is 58.7 Å². The molecule has 1 aliphatic heterocycles. The molecule has 43 heavy (non-hydrogen) atoms. The van der Waals surface area contributed by atoms with Gasteiger partial charge in [0.2, 0.25) is 10.0 Å². The summed E-state index contributed by atoms with van der Waals surface area (Å²) in [7, 11) is -1.53. The van der Waals surface area contributed by atoms with E-state index in [-0.39, 0.29) is 29.5 Å². The zero-order valence-corrected chi connectivity index (χ0v) is 26.1. The number of hydrogen-bond donors (Lipinski definition) is 1. The van der Waals surface area contributed by atoms with E-state index >= 15 is 0 Å². The van der Waals surface area contributed by atoms with Crippen molar-refractivity contribution < 1.29 is 22.7 Å². The van der Waals surface area contributed by atoms with Crippen molar-refractivity contribution in [1.29, 1.82) is 0 Å². The average molecular weight is 608 g/mol.